The monoisotopic (exact) mass is 410 g/mol. The zero-order chi connectivity index (χ0) is 20.3. The fourth-order valence-electron chi connectivity index (χ4n) is 4.21. The standard InChI is InChI=1S/C26H35ClN2/c1-2-7-26(21-24-10-6-11-25(27)20-24)28-16-19-29-17-14-23(15-18-29)13-12-22-8-4-3-5-9-22/h3-11,20,23,28H,2,12-19,21H2,1H3/b26-7-. The van der Waals surface area contributed by atoms with E-state index in [1.54, 1.807) is 0 Å². The van der Waals surface area contributed by atoms with Crippen LogP contribution in [0.1, 0.15) is 43.7 Å². The molecule has 0 aromatic heterocycles. The van der Waals surface area contributed by atoms with Crippen molar-refractivity contribution >= 4 is 11.6 Å². The number of piperidine rings is 1. The van der Waals surface area contributed by atoms with Gasteiger partial charge in [0.25, 0.3) is 0 Å². The van der Waals surface area contributed by atoms with Crippen molar-refractivity contribution in [2.75, 3.05) is 26.2 Å². The molecular formula is C26H35ClN2. The van der Waals surface area contributed by atoms with E-state index >= 15 is 0 Å². The lowest BCUT2D eigenvalue weighted by molar-refractivity contribution is 0.181. The predicted octanol–water partition coefficient (Wildman–Crippen LogP) is 6.11. The van der Waals surface area contributed by atoms with Gasteiger partial charge in [-0.1, -0.05) is 67.1 Å². The molecule has 1 aliphatic rings. The first-order chi connectivity index (χ1) is 14.2. The van der Waals surface area contributed by atoms with Gasteiger partial charge in [0.1, 0.15) is 0 Å². The Bertz CT molecular complexity index is 748. The maximum Gasteiger partial charge on any atom is 0.0408 e. The number of aryl methyl sites for hydroxylation is 1. The van der Waals surface area contributed by atoms with Crippen LogP contribution in [0.15, 0.2) is 66.4 Å². The number of benzene rings is 2. The van der Waals surface area contributed by atoms with Gasteiger partial charge in [-0.2, -0.15) is 0 Å². The zero-order valence-electron chi connectivity index (χ0n) is 17.7. The molecule has 0 unspecified atom stereocenters. The SMILES string of the molecule is CC/C=C(/Cc1cccc(Cl)c1)NCCN1CCC(CCc2ccccc2)CC1. The summed E-state index contributed by atoms with van der Waals surface area (Å²) in [6, 6.07) is 19.1. The molecule has 0 atom stereocenters. The summed E-state index contributed by atoms with van der Waals surface area (Å²) in [5.74, 6) is 0.887. The van der Waals surface area contributed by atoms with Crippen LogP contribution in [0.3, 0.4) is 0 Å². The Balaban J connectivity index is 1.35. The van der Waals surface area contributed by atoms with Gasteiger partial charge < -0.3 is 10.2 Å². The van der Waals surface area contributed by atoms with Gasteiger partial charge in [0, 0.05) is 30.2 Å². The third-order valence-electron chi connectivity index (χ3n) is 5.91. The second-order valence-electron chi connectivity index (χ2n) is 8.18. The lowest BCUT2D eigenvalue weighted by Gasteiger charge is -2.32. The number of hydrogen-bond acceptors (Lipinski definition) is 2. The molecule has 0 spiro atoms. The minimum absolute atomic E-state index is 0.813. The first kappa shape index (κ1) is 21.9. The van der Waals surface area contributed by atoms with Gasteiger partial charge in [-0.3, -0.25) is 0 Å². The van der Waals surface area contributed by atoms with Gasteiger partial charge in [0.05, 0.1) is 0 Å². The third-order valence-corrected chi connectivity index (χ3v) is 6.14. The van der Waals surface area contributed by atoms with Crippen LogP contribution >= 0.6 is 11.6 Å². The Morgan fingerprint density at radius 1 is 1.07 bits per heavy atom. The van der Waals surface area contributed by atoms with E-state index in [9.17, 15) is 0 Å². The molecule has 0 bridgehead atoms. The Labute approximate surface area is 182 Å². The molecule has 1 saturated heterocycles. The lowest BCUT2D eigenvalue weighted by Crippen LogP contribution is -2.38. The number of likely N-dealkylation sites (tertiary alicyclic amines) is 1. The Hall–Kier alpha value is -1.77. The predicted molar refractivity (Wildman–Crippen MR) is 125 cm³/mol. The smallest absolute Gasteiger partial charge is 0.0408 e. The average Bonchev–Trinajstić information content (AvgIpc) is 2.74. The van der Waals surface area contributed by atoms with Gasteiger partial charge in [0.15, 0.2) is 0 Å². The molecule has 1 N–H and O–H groups in total. The van der Waals surface area contributed by atoms with Crippen LogP contribution in [-0.4, -0.2) is 31.1 Å². The molecule has 2 aromatic carbocycles. The van der Waals surface area contributed by atoms with Gasteiger partial charge in [0.2, 0.25) is 0 Å². The molecule has 0 aliphatic carbocycles. The highest BCUT2D eigenvalue weighted by Gasteiger charge is 2.18. The Morgan fingerprint density at radius 3 is 2.55 bits per heavy atom. The van der Waals surface area contributed by atoms with Crippen LogP contribution in [0.25, 0.3) is 0 Å². The van der Waals surface area contributed by atoms with E-state index in [0.717, 1.165) is 36.9 Å². The minimum Gasteiger partial charge on any atom is -0.387 e. The van der Waals surface area contributed by atoms with Gasteiger partial charge in [-0.25, -0.2) is 0 Å². The average molecular weight is 411 g/mol. The van der Waals surface area contributed by atoms with Crippen LogP contribution in [0, 0.1) is 5.92 Å². The highest BCUT2D eigenvalue weighted by molar-refractivity contribution is 6.30. The fraction of sp³-hybridized carbons (Fsp3) is 0.462. The summed E-state index contributed by atoms with van der Waals surface area (Å²) >= 11 is 6.13. The van der Waals surface area contributed by atoms with Crippen LogP contribution in [0.5, 0.6) is 0 Å². The molecule has 1 aliphatic heterocycles. The summed E-state index contributed by atoms with van der Waals surface area (Å²) in [5, 5.41) is 4.48. The summed E-state index contributed by atoms with van der Waals surface area (Å²) in [7, 11) is 0. The van der Waals surface area contributed by atoms with Gasteiger partial charge in [-0.15, -0.1) is 0 Å². The van der Waals surface area contributed by atoms with E-state index in [4.69, 9.17) is 11.6 Å². The number of nitrogens with zero attached hydrogens (tertiary/aromatic N) is 1. The maximum atomic E-state index is 6.13. The molecule has 3 heteroatoms. The summed E-state index contributed by atoms with van der Waals surface area (Å²) in [6.45, 7) is 6.81. The summed E-state index contributed by atoms with van der Waals surface area (Å²) < 4.78 is 0. The van der Waals surface area contributed by atoms with Gasteiger partial charge >= 0.3 is 0 Å². The first-order valence-electron chi connectivity index (χ1n) is 11.2. The normalized spacial score (nSPS) is 16.1. The second kappa shape index (κ2) is 12.0. The highest BCUT2D eigenvalue weighted by Crippen LogP contribution is 2.22. The van der Waals surface area contributed by atoms with E-state index in [2.05, 4.69) is 65.7 Å². The van der Waals surface area contributed by atoms with E-state index in [-0.39, 0.29) is 0 Å². The topological polar surface area (TPSA) is 15.3 Å². The number of rotatable bonds is 10. The molecule has 2 aromatic rings. The van der Waals surface area contributed by atoms with Crippen molar-refractivity contribution in [3.05, 3.63) is 82.5 Å². The molecule has 0 amide bonds. The van der Waals surface area contributed by atoms with Crippen molar-refractivity contribution in [3.63, 3.8) is 0 Å². The number of halogens is 1. The van der Waals surface area contributed by atoms with Crippen molar-refractivity contribution in [2.45, 2.75) is 45.4 Å². The molecule has 1 fully saturated rings. The van der Waals surface area contributed by atoms with E-state index in [1.807, 2.05) is 12.1 Å². The van der Waals surface area contributed by atoms with E-state index in [1.165, 1.54) is 55.6 Å². The largest absolute Gasteiger partial charge is 0.387 e. The highest BCUT2D eigenvalue weighted by atomic mass is 35.5. The minimum atomic E-state index is 0.813. The number of hydrogen-bond donors (Lipinski definition) is 1. The molecule has 0 radical (unpaired) electrons. The summed E-state index contributed by atoms with van der Waals surface area (Å²) in [6.07, 6.45) is 9.52. The summed E-state index contributed by atoms with van der Waals surface area (Å²) in [4.78, 5) is 2.62. The van der Waals surface area contributed by atoms with Crippen molar-refractivity contribution in [3.8, 4) is 0 Å². The van der Waals surface area contributed by atoms with Crippen molar-refractivity contribution in [1.29, 1.82) is 0 Å². The van der Waals surface area contributed by atoms with Crippen molar-refractivity contribution in [1.82, 2.24) is 10.2 Å². The maximum absolute atomic E-state index is 6.13. The van der Waals surface area contributed by atoms with Gasteiger partial charge in [-0.05, 0) is 74.4 Å². The fourth-order valence-corrected chi connectivity index (χ4v) is 4.42. The zero-order valence-corrected chi connectivity index (χ0v) is 18.5. The third kappa shape index (κ3) is 7.87. The Morgan fingerprint density at radius 2 is 1.83 bits per heavy atom. The first-order valence-corrected chi connectivity index (χ1v) is 11.5. The second-order valence-corrected chi connectivity index (χ2v) is 8.62. The van der Waals surface area contributed by atoms with E-state index in [0.29, 0.717) is 0 Å². The van der Waals surface area contributed by atoms with Crippen molar-refractivity contribution in [2.24, 2.45) is 5.92 Å². The molecule has 156 valence electrons. The van der Waals surface area contributed by atoms with Crippen molar-refractivity contribution < 1.29 is 0 Å². The van der Waals surface area contributed by atoms with Crippen LogP contribution in [0.2, 0.25) is 5.02 Å². The molecule has 3 rings (SSSR count). The molecule has 2 nitrogen and oxygen atoms in total. The Kier molecular flexibility index (Phi) is 9.11. The molecule has 29 heavy (non-hydrogen) atoms. The molecule has 1 heterocycles. The quantitative estimate of drug-likeness (QED) is 0.508. The van der Waals surface area contributed by atoms with Crippen LogP contribution in [-0.2, 0) is 12.8 Å². The summed E-state index contributed by atoms with van der Waals surface area (Å²) in [5.41, 5.74) is 4.06. The lowest BCUT2D eigenvalue weighted by atomic mass is 9.90. The number of nitrogens with one attached hydrogen (secondary N) is 1. The van der Waals surface area contributed by atoms with Crippen LogP contribution < -0.4 is 5.32 Å². The number of allylic oxidation sites excluding steroid dienone is 2. The van der Waals surface area contributed by atoms with Crippen LogP contribution in [0.4, 0.5) is 0 Å². The molecule has 0 saturated carbocycles. The molecular weight excluding hydrogens is 376 g/mol. The van der Waals surface area contributed by atoms with E-state index < -0.39 is 0 Å².